The molecule has 0 saturated carbocycles. The van der Waals surface area contributed by atoms with Gasteiger partial charge in [0.25, 0.3) is 0 Å². The molecule has 0 unspecified atom stereocenters. The van der Waals surface area contributed by atoms with Crippen LogP contribution in [0.5, 0.6) is 0 Å². The van der Waals surface area contributed by atoms with Crippen molar-refractivity contribution in [3.8, 4) is 0 Å². The van der Waals surface area contributed by atoms with Gasteiger partial charge in [-0.25, -0.2) is 0 Å². The number of aromatic nitrogens is 1. The van der Waals surface area contributed by atoms with E-state index in [-0.39, 0.29) is 11.7 Å². The Morgan fingerprint density at radius 2 is 1.74 bits per heavy atom. The molecule has 0 saturated heterocycles. The second-order valence-electron chi connectivity index (χ2n) is 4.18. The minimum atomic E-state index is -0.174. The van der Waals surface area contributed by atoms with Crippen LogP contribution in [0, 0.1) is 0 Å². The van der Waals surface area contributed by atoms with Gasteiger partial charge in [0.1, 0.15) is 5.82 Å². The summed E-state index contributed by atoms with van der Waals surface area (Å²) in [6.07, 6.45) is 0. The van der Waals surface area contributed by atoms with E-state index >= 15 is 0 Å². The molecule has 1 heterocycles. The maximum absolute atomic E-state index is 12.3. The van der Waals surface area contributed by atoms with Gasteiger partial charge in [-0.05, 0) is 36.4 Å². The molecule has 0 radical (unpaired) electrons. The van der Waals surface area contributed by atoms with E-state index in [0.717, 1.165) is 0 Å². The third-order valence-corrected chi connectivity index (χ3v) is 3.02. The van der Waals surface area contributed by atoms with Crippen molar-refractivity contribution in [1.29, 1.82) is 0 Å². The number of nitrogens with one attached hydrogen (secondary N) is 1. The lowest BCUT2D eigenvalue weighted by atomic mass is 10.1. The molecule has 0 aliphatic heterocycles. The van der Waals surface area contributed by atoms with Crippen molar-refractivity contribution in [3.63, 3.8) is 0 Å². The summed E-state index contributed by atoms with van der Waals surface area (Å²) in [7, 11) is 1.73. The van der Waals surface area contributed by atoms with E-state index in [2.05, 4.69) is 5.32 Å². The normalized spacial score (nSPS) is 10.3. The molecule has 0 fully saturated rings. The van der Waals surface area contributed by atoms with E-state index in [1.54, 1.807) is 48.0 Å². The van der Waals surface area contributed by atoms with E-state index < -0.39 is 0 Å². The molecule has 0 atom stereocenters. The summed E-state index contributed by atoms with van der Waals surface area (Å²) < 4.78 is 1.65. The van der Waals surface area contributed by atoms with Crippen LogP contribution in [0.15, 0.2) is 36.4 Å². The second kappa shape index (κ2) is 5.28. The standard InChI is InChI=1S/C14H13ClN2O2/c1-9(18)16-13-8-7-12(17(13)2)14(19)10-3-5-11(15)6-4-10/h3-8H,1-2H3,(H,16,18). The van der Waals surface area contributed by atoms with Crippen LogP contribution in [0.1, 0.15) is 23.0 Å². The molecule has 19 heavy (non-hydrogen) atoms. The molecule has 1 aromatic carbocycles. The minimum Gasteiger partial charge on any atom is -0.328 e. The van der Waals surface area contributed by atoms with Crippen LogP contribution in [0.3, 0.4) is 0 Å². The number of amides is 1. The smallest absolute Gasteiger partial charge is 0.222 e. The van der Waals surface area contributed by atoms with E-state index in [1.165, 1.54) is 6.92 Å². The monoisotopic (exact) mass is 276 g/mol. The van der Waals surface area contributed by atoms with Crippen molar-refractivity contribution >= 4 is 29.1 Å². The highest BCUT2D eigenvalue weighted by molar-refractivity contribution is 6.30. The molecular formula is C14H13ClN2O2. The average Bonchev–Trinajstić information content (AvgIpc) is 2.70. The summed E-state index contributed by atoms with van der Waals surface area (Å²) in [6.45, 7) is 1.42. The number of anilines is 1. The Bertz CT molecular complexity index is 629. The van der Waals surface area contributed by atoms with Gasteiger partial charge in [0.15, 0.2) is 0 Å². The predicted molar refractivity (Wildman–Crippen MR) is 74.6 cm³/mol. The number of hydrogen-bond donors (Lipinski definition) is 1. The Morgan fingerprint density at radius 3 is 2.32 bits per heavy atom. The number of nitrogens with zero attached hydrogens (tertiary/aromatic N) is 1. The van der Waals surface area contributed by atoms with Gasteiger partial charge in [0.05, 0.1) is 5.69 Å². The van der Waals surface area contributed by atoms with Crippen molar-refractivity contribution in [2.45, 2.75) is 6.92 Å². The zero-order valence-electron chi connectivity index (χ0n) is 10.6. The average molecular weight is 277 g/mol. The number of hydrogen-bond acceptors (Lipinski definition) is 2. The Hall–Kier alpha value is -2.07. The molecule has 0 aliphatic rings. The number of ketones is 1. The Kier molecular flexibility index (Phi) is 3.71. The van der Waals surface area contributed by atoms with Crippen LogP contribution in [-0.4, -0.2) is 16.3 Å². The highest BCUT2D eigenvalue weighted by Crippen LogP contribution is 2.18. The Morgan fingerprint density at radius 1 is 1.11 bits per heavy atom. The van der Waals surface area contributed by atoms with Crippen molar-refractivity contribution in [1.82, 2.24) is 4.57 Å². The zero-order chi connectivity index (χ0) is 14.0. The van der Waals surface area contributed by atoms with E-state index in [1.807, 2.05) is 0 Å². The summed E-state index contributed by atoms with van der Waals surface area (Å²) in [4.78, 5) is 23.3. The first-order chi connectivity index (χ1) is 8.99. The van der Waals surface area contributed by atoms with Crippen molar-refractivity contribution in [2.24, 2.45) is 7.05 Å². The number of benzene rings is 1. The summed E-state index contributed by atoms with van der Waals surface area (Å²) in [5.74, 6) is 0.298. The molecule has 2 rings (SSSR count). The van der Waals surface area contributed by atoms with Gasteiger partial charge in [-0.15, -0.1) is 0 Å². The van der Waals surface area contributed by atoms with Crippen LogP contribution >= 0.6 is 11.6 Å². The Balaban J connectivity index is 2.32. The second-order valence-corrected chi connectivity index (χ2v) is 4.62. The molecule has 1 N–H and O–H groups in total. The van der Waals surface area contributed by atoms with Crippen LogP contribution in [0.2, 0.25) is 5.02 Å². The van der Waals surface area contributed by atoms with Crippen molar-refractivity contribution < 1.29 is 9.59 Å². The molecule has 5 heteroatoms. The first-order valence-corrected chi connectivity index (χ1v) is 6.10. The molecule has 98 valence electrons. The maximum atomic E-state index is 12.3. The van der Waals surface area contributed by atoms with Gasteiger partial charge in [-0.2, -0.15) is 0 Å². The fourth-order valence-electron chi connectivity index (χ4n) is 1.79. The Labute approximate surface area is 116 Å². The lowest BCUT2D eigenvalue weighted by Crippen LogP contribution is -2.13. The zero-order valence-corrected chi connectivity index (χ0v) is 11.4. The number of carbonyl (C=O) groups excluding carboxylic acids is 2. The SMILES string of the molecule is CC(=O)Nc1ccc(C(=O)c2ccc(Cl)cc2)n1C. The molecule has 0 aliphatic carbocycles. The summed E-state index contributed by atoms with van der Waals surface area (Å²) >= 11 is 5.79. The van der Waals surface area contributed by atoms with Gasteiger partial charge in [0, 0.05) is 24.6 Å². The first-order valence-electron chi connectivity index (χ1n) is 5.72. The maximum Gasteiger partial charge on any atom is 0.222 e. The fraction of sp³-hybridized carbons (Fsp3) is 0.143. The van der Waals surface area contributed by atoms with Crippen molar-refractivity contribution in [2.75, 3.05) is 5.32 Å². The first kappa shape index (κ1) is 13.4. The van der Waals surface area contributed by atoms with Gasteiger partial charge in [-0.3, -0.25) is 9.59 Å². The topological polar surface area (TPSA) is 51.1 Å². The third kappa shape index (κ3) is 2.85. The summed E-state index contributed by atoms with van der Waals surface area (Å²) in [5, 5.41) is 3.25. The highest BCUT2D eigenvalue weighted by atomic mass is 35.5. The van der Waals surface area contributed by atoms with E-state index in [9.17, 15) is 9.59 Å². The predicted octanol–water partition coefficient (Wildman–Crippen LogP) is 2.87. The van der Waals surface area contributed by atoms with Gasteiger partial charge in [0.2, 0.25) is 11.7 Å². The lowest BCUT2D eigenvalue weighted by molar-refractivity contribution is -0.114. The van der Waals surface area contributed by atoms with Gasteiger partial charge >= 0.3 is 0 Å². The minimum absolute atomic E-state index is 0.115. The molecular weight excluding hydrogens is 264 g/mol. The van der Waals surface area contributed by atoms with Crippen molar-refractivity contribution in [3.05, 3.63) is 52.7 Å². The highest BCUT2D eigenvalue weighted by Gasteiger charge is 2.14. The summed E-state index contributed by atoms with van der Waals surface area (Å²) in [6, 6.07) is 10.1. The lowest BCUT2D eigenvalue weighted by Gasteiger charge is -2.07. The molecule has 1 amide bonds. The van der Waals surface area contributed by atoms with Crippen LogP contribution in [-0.2, 0) is 11.8 Å². The van der Waals surface area contributed by atoms with E-state index in [4.69, 9.17) is 11.6 Å². The number of carbonyl (C=O) groups is 2. The number of rotatable bonds is 3. The molecule has 0 spiro atoms. The third-order valence-electron chi connectivity index (χ3n) is 2.76. The molecule has 0 bridgehead atoms. The van der Waals surface area contributed by atoms with Gasteiger partial charge in [-0.1, -0.05) is 11.6 Å². The largest absolute Gasteiger partial charge is 0.328 e. The quantitative estimate of drug-likeness (QED) is 0.877. The van der Waals surface area contributed by atoms with E-state index in [0.29, 0.717) is 22.1 Å². The molecule has 1 aromatic heterocycles. The van der Waals surface area contributed by atoms with Gasteiger partial charge < -0.3 is 9.88 Å². The van der Waals surface area contributed by atoms with Crippen LogP contribution in [0.25, 0.3) is 0 Å². The molecule has 4 nitrogen and oxygen atoms in total. The van der Waals surface area contributed by atoms with Crippen LogP contribution < -0.4 is 5.32 Å². The molecule has 2 aromatic rings. The van der Waals surface area contributed by atoms with Crippen LogP contribution in [0.4, 0.5) is 5.82 Å². The number of halogens is 1. The fourth-order valence-corrected chi connectivity index (χ4v) is 1.92. The summed E-state index contributed by atoms with van der Waals surface area (Å²) in [5.41, 5.74) is 1.06.